The molecule has 1 aliphatic carbocycles. The quantitative estimate of drug-likeness (QED) is 0.465. The number of rotatable bonds is 6. The lowest BCUT2D eigenvalue weighted by atomic mass is 10.2. The van der Waals surface area contributed by atoms with E-state index >= 15 is 0 Å². The summed E-state index contributed by atoms with van der Waals surface area (Å²) in [6, 6.07) is 2.20. The Morgan fingerprint density at radius 1 is 1.33 bits per heavy atom. The predicted octanol–water partition coefficient (Wildman–Crippen LogP) is 2.04. The zero-order chi connectivity index (χ0) is 13.1. The van der Waals surface area contributed by atoms with E-state index in [0.717, 1.165) is 25.0 Å². The number of anilines is 1. The van der Waals surface area contributed by atoms with Crippen molar-refractivity contribution in [1.82, 2.24) is 5.32 Å². The van der Waals surface area contributed by atoms with E-state index in [2.05, 4.69) is 10.6 Å². The highest BCUT2D eigenvalue weighted by molar-refractivity contribution is 5.62. The van der Waals surface area contributed by atoms with Gasteiger partial charge in [-0.15, -0.1) is 0 Å². The van der Waals surface area contributed by atoms with Gasteiger partial charge in [-0.05, 0) is 18.9 Å². The summed E-state index contributed by atoms with van der Waals surface area (Å²) in [6.07, 6.45) is 2.24. The van der Waals surface area contributed by atoms with Gasteiger partial charge in [0, 0.05) is 25.2 Å². The molecule has 0 atom stereocenters. The summed E-state index contributed by atoms with van der Waals surface area (Å²) < 4.78 is 26.5. The summed E-state index contributed by atoms with van der Waals surface area (Å²) in [5.74, 6) is -2.31. The average Bonchev–Trinajstić information content (AvgIpc) is 3.13. The van der Waals surface area contributed by atoms with Crippen LogP contribution in [0.5, 0.6) is 0 Å². The van der Waals surface area contributed by atoms with Crippen LogP contribution in [0.1, 0.15) is 12.8 Å². The van der Waals surface area contributed by atoms with Gasteiger partial charge in [-0.2, -0.15) is 0 Å². The van der Waals surface area contributed by atoms with Crippen molar-refractivity contribution in [3.63, 3.8) is 0 Å². The van der Waals surface area contributed by atoms with E-state index in [-0.39, 0.29) is 0 Å². The smallest absolute Gasteiger partial charge is 0.295 e. The normalized spacial score (nSPS) is 14.6. The van der Waals surface area contributed by atoms with Gasteiger partial charge >= 0.3 is 0 Å². The van der Waals surface area contributed by atoms with Crippen LogP contribution in [0.25, 0.3) is 0 Å². The van der Waals surface area contributed by atoms with Crippen LogP contribution < -0.4 is 10.6 Å². The van der Waals surface area contributed by atoms with Gasteiger partial charge in [0.25, 0.3) is 5.69 Å². The molecule has 2 rings (SSSR count). The van der Waals surface area contributed by atoms with Crippen molar-refractivity contribution in [2.45, 2.75) is 18.9 Å². The second-order valence-electron chi connectivity index (χ2n) is 4.17. The van der Waals surface area contributed by atoms with Gasteiger partial charge in [-0.3, -0.25) is 10.1 Å². The Balaban J connectivity index is 2.03. The highest BCUT2D eigenvalue weighted by atomic mass is 19.2. The minimum absolute atomic E-state index is 0.303. The van der Waals surface area contributed by atoms with E-state index < -0.39 is 27.9 Å². The van der Waals surface area contributed by atoms with Crippen LogP contribution in [0.15, 0.2) is 12.1 Å². The first-order valence-electron chi connectivity index (χ1n) is 5.69. The van der Waals surface area contributed by atoms with Gasteiger partial charge in [0.05, 0.1) is 4.92 Å². The van der Waals surface area contributed by atoms with Crippen molar-refractivity contribution in [2.75, 3.05) is 18.4 Å². The number of nitrogens with zero attached hydrogens (tertiary/aromatic N) is 1. The molecule has 7 heteroatoms. The molecule has 1 aromatic carbocycles. The molecule has 5 nitrogen and oxygen atoms in total. The molecule has 0 heterocycles. The largest absolute Gasteiger partial charge is 0.376 e. The Labute approximate surface area is 102 Å². The van der Waals surface area contributed by atoms with Gasteiger partial charge < -0.3 is 10.6 Å². The fourth-order valence-corrected chi connectivity index (χ4v) is 1.61. The van der Waals surface area contributed by atoms with Crippen LogP contribution in [-0.2, 0) is 0 Å². The van der Waals surface area contributed by atoms with Crippen molar-refractivity contribution in [3.05, 3.63) is 33.9 Å². The fourth-order valence-electron chi connectivity index (χ4n) is 1.61. The fraction of sp³-hybridized carbons (Fsp3) is 0.455. The molecular weight excluding hydrogens is 244 g/mol. The van der Waals surface area contributed by atoms with Crippen LogP contribution in [0, 0.1) is 21.7 Å². The molecule has 1 fully saturated rings. The summed E-state index contributed by atoms with van der Waals surface area (Å²) >= 11 is 0. The van der Waals surface area contributed by atoms with Crippen LogP contribution >= 0.6 is 0 Å². The zero-order valence-corrected chi connectivity index (χ0v) is 9.58. The van der Waals surface area contributed by atoms with E-state index in [0.29, 0.717) is 19.1 Å². The Morgan fingerprint density at radius 2 is 2.06 bits per heavy atom. The summed E-state index contributed by atoms with van der Waals surface area (Å²) in [4.78, 5) is 9.96. The average molecular weight is 257 g/mol. The molecule has 18 heavy (non-hydrogen) atoms. The van der Waals surface area contributed by atoms with Gasteiger partial charge in [-0.25, -0.2) is 8.78 Å². The molecule has 0 unspecified atom stereocenters. The minimum Gasteiger partial charge on any atom is -0.376 e. The molecule has 2 N–H and O–H groups in total. The molecule has 0 spiro atoms. The standard InChI is InChI=1S/C11H13F2N3O2/c12-8-3-4-9(16(17)18)11(10(8)13)15-6-5-14-7-1-2-7/h3-4,7,14-15H,1-2,5-6H2. The monoisotopic (exact) mass is 257 g/mol. The third kappa shape index (κ3) is 2.92. The third-order valence-electron chi connectivity index (χ3n) is 2.71. The molecule has 1 aliphatic rings. The van der Waals surface area contributed by atoms with Crippen LogP contribution in [0.2, 0.25) is 0 Å². The molecule has 0 bridgehead atoms. The number of benzene rings is 1. The maximum Gasteiger partial charge on any atom is 0.295 e. The Hall–Kier alpha value is -1.76. The maximum atomic E-state index is 13.5. The molecule has 0 radical (unpaired) electrons. The SMILES string of the molecule is O=[N+]([O-])c1ccc(F)c(F)c1NCCNC1CC1. The molecule has 1 aromatic rings. The lowest BCUT2D eigenvalue weighted by Gasteiger charge is -2.09. The second kappa shape index (κ2) is 5.26. The summed E-state index contributed by atoms with van der Waals surface area (Å²) in [6.45, 7) is 0.857. The molecule has 0 aliphatic heterocycles. The van der Waals surface area contributed by atoms with Gasteiger partial charge in [0.2, 0.25) is 0 Å². The van der Waals surface area contributed by atoms with Gasteiger partial charge in [0.1, 0.15) is 0 Å². The minimum atomic E-state index is -1.21. The van der Waals surface area contributed by atoms with Crippen LogP contribution in [-0.4, -0.2) is 24.1 Å². The number of halogens is 2. The first-order chi connectivity index (χ1) is 8.59. The molecule has 0 saturated heterocycles. The second-order valence-corrected chi connectivity index (χ2v) is 4.17. The first kappa shape index (κ1) is 12.7. The Kier molecular flexibility index (Phi) is 3.71. The molecule has 0 amide bonds. The summed E-state index contributed by atoms with van der Waals surface area (Å²) in [5.41, 5.74) is -0.849. The van der Waals surface area contributed by atoms with Gasteiger partial charge in [-0.1, -0.05) is 0 Å². The number of hydrogen-bond acceptors (Lipinski definition) is 4. The van der Waals surface area contributed by atoms with E-state index in [4.69, 9.17) is 0 Å². The summed E-state index contributed by atoms with van der Waals surface area (Å²) in [5, 5.41) is 16.4. The lowest BCUT2D eigenvalue weighted by molar-refractivity contribution is -0.384. The van der Waals surface area contributed by atoms with Crippen molar-refractivity contribution < 1.29 is 13.7 Å². The van der Waals surface area contributed by atoms with Crippen molar-refractivity contribution in [2.24, 2.45) is 0 Å². The van der Waals surface area contributed by atoms with Crippen molar-refractivity contribution in [1.29, 1.82) is 0 Å². The number of hydrogen-bond donors (Lipinski definition) is 2. The van der Waals surface area contributed by atoms with E-state index in [1.54, 1.807) is 0 Å². The third-order valence-corrected chi connectivity index (χ3v) is 2.71. The predicted molar refractivity (Wildman–Crippen MR) is 62.5 cm³/mol. The molecule has 98 valence electrons. The van der Waals surface area contributed by atoms with Gasteiger partial charge in [0.15, 0.2) is 17.3 Å². The Morgan fingerprint density at radius 3 is 2.67 bits per heavy atom. The summed E-state index contributed by atoms with van der Waals surface area (Å²) in [7, 11) is 0. The van der Waals surface area contributed by atoms with Crippen molar-refractivity contribution >= 4 is 11.4 Å². The lowest BCUT2D eigenvalue weighted by Crippen LogP contribution is -2.24. The van der Waals surface area contributed by atoms with E-state index in [9.17, 15) is 18.9 Å². The number of nitro benzene ring substituents is 1. The molecule has 1 saturated carbocycles. The zero-order valence-electron chi connectivity index (χ0n) is 9.58. The van der Waals surface area contributed by atoms with E-state index in [1.807, 2.05) is 0 Å². The number of nitro groups is 1. The highest BCUT2D eigenvalue weighted by Gasteiger charge is 2.22. The highest BCUT2D eigenvalue weighted by Crippen LogP contribution is 2.28. The molecular formula is C11H13F2N3O2. The number of nitrogens with one attached hydrogen (secondary N) is 2. The first-order valence-corrected chi connectivity index (χ1v) is 5.69. The van der Waals surface area contributed by atoms with Crippen LogP contribution in [0.4, 0.5) is 20.2 Å². The molecule has 0 aromatic heterocycles. The maximum absolute atomic E-state index is 13.5. The van der Waals surface area contributed by atoms with Crippen LogP contribution in [0.3, 0.4) is 0 Å². The van der Waals surface area contributed by atoms with E-state index in [1.165, 1.54) is 0 Å². The topological polar surface area (TPSA) is 67.2 Å². The van der Waals surface area contributed by atoms with Crippen molar-refractivity contribution in [3.8, 4) is 0 Å². The Bertz CT molecular complexity index is 464.